The van der Waals surface area contributed by atoms with Crippen molar-refractivity contribution in [2.75, 3.05) is 39.6 Å². The smallest absolute Gasteiger partial charge is 0.462 e. The minimum atomic E-state index is -4.96. The maximum atomic E-state index is 13.1. The zero-order valence-electron chi connectivity index (χ0n) is 68.2. The van der Waals surface area contributed by atoms with Crippen molar-refractivity contribution in [2.45, 2.75) is 477 Å². The predicted molar refractivity (Wildman–Crippen MR) is 428 cm³/mol. The van der Waals surface area contributed by atoms with Gasteiger partial charge in [0.2, 0.25) is 0 Å². The van der Waals surface area contributed by atoms with Gasteiger partial charge in [0, 0.05) is 25.7 Å². The molecule has 0 saturated heterocycles. The fourth-order valence-electron chi connectivity index (χ4n) is 13.3. The quantitative estimate of drug-likeness (QED) is 0.0222. The average Bonchev–Trinajstić information content (AvgIpc) is 0.931. The molecule has 0 fully saturated rings. The molecule has 0 aliphatic carbocycles. The third-order valence-corrected chi connectivity index (χ3v) is 21.9. The Balaban J connectivity index is 5.21. The van der Waals surface area contributed by atoms with Crippen molar-refractivity contribution in [3.63, 3.8) is 0 Å². The summed E-state index contributed by atoms with van der Waals surface area (Å²) in [6, 6.07) is 0. The number of unbranched alkanes of at least 4 members (excludes halogenated alkanes) is 57. The van der Waals surface area contributed by atoms with Crippen molar-refractivity contribution in [1.82, 2.24) is 0 Å². The number of hydrogen-bond donors (Lipinski definition) is 3. The van der Waals surface area contributed by atoms with Gasteiger partial charge in [-0.15, -0.1) is 0 Å². The Morgan fingerprint density at radius 2 is 0.442 bits per heavy atom. The number of ether oxygens (including phenoxy) is 4. The Morgan fingerprint density at radius 3 is 0.654 bits per heavy atom. The number of carbonyl (C=O) groups excluding carboxylic acids is 4. The molecular formula is C85H166O17P2. The van der Waals surface area contributed by atoms with Crippen LogP contribution in [0.2, 0.25) is 0 Å². The normalized spacial score (nSPS) is 13.8. The van der Waals surface area contributed by atoms with E-state index in [1.165, 1.54) is 276 Å². The highest BCUT2D eigenvalue weighted by molar-refractivity contribution is 7.47. The largest absolute Gasteiger partial charge is 0.472 e. The number of phosphoric ester groups is 2. The van der Waals surface area contributed by atoms with Gasteiger partial charge in [-0.3, -0.25) is 37.3 Å². The zero-order valence-corrected chi connectivity index (χ0v) is 70.0. The molecule has 0 aliphatic rings. The van der Waals surface area contributed by atoms with Crippen LogP contribution in [0.1, 0.15) is 458 Å². The van der Waals surface area contributed by atoms with E-state index >= 15 is 0 Å². The van der Waals surface area contributed by atoms with Crippen LogP contribution >= 0.6 is 15.6 Å². The average molecular weight is 1520 g/mol. The lowest BCUT2D eigenvalue weighted by molar-refractivity contribution is -0.161. The van der Waals surface area contributed by atoms with Crippen molar-refractivity contribution < 1.29 is 80.2 Å². The molecule has 0 amide bonds. The van der Waals surface area contributed by atoms with Gasteiger partial charge in [0.15, 0.2) is 12.2 Å². The first kappa shape index (κ1) is 102. The first-order valence-electron chi connectivity index (χ1n) is 44.1. The van der Waals surface area contributed by atoms with Gasteiger partial charge in [-0.2, -0.15) is 0 Å². The molecule has 0 aromatic carbocycles. The van der Waals surface area contributed by atoms with Crippen molar-refractivity contribution in [3.8, 4) is 0 Å². The van der Waals surface area contributed by atoms with Gasteiger partial charge >= 0.3 is 39.5 Å². The van der Waals surface area contributed by atoms with Crippen LogP contribution in [0.5, 0.6) is 0 Å². The van der Waals surface area contributed by atoms with Crippen LogP contribution in [-0.4, -0.2) is 96.7 Å². The third-order valence-electron chi connectivity index (χ3n) is 20.0. The monoisotopic (exact) mass is 1520 g/mol. The van der Waals surface area contributed by atoms with Crippen LogP contribution in [-0.2, 0) is 65.4 Å². The second kappa shape index (κ2) is 77.8. The lowest BCUT2D eigenvalue weighted by atomic mass is 10.0. The number of aliphatic hydroxyl groups is 1. The standard InChI is InChI=1S/C85H166O17P2/c1-6-9-12-15-18-21-24-27-30-32-33-34-35-36-38-41-44-47-50-55-61-66-71-84(89)101-80(74-95-82(87)68-63-58-53-48-45-42-40-37-31-28-25-22-19-16-13-10-7-2)76-99-103(91,92)97-72-79(86)73-98-104(93,94)100-77-81(75-96-83(88)69-64-59-56-51-52-57-62-67-78(4)5)102-85(90)70-65-60-54-49-46-43-39-29-26-23-20-17-14-11-8-3/h78-81,86H,6-77H2,1-5H3,(H,91,92)(H,93,94)/t79-,80-,81-/m1/s1. The summed E-state index contributed by atoms with van der Waals surface area (Å²) in [5.41, 5.74) is 0. The summed E-state index contributed by atoms with van der Waals surface area (Å²) in [5, 5.41) is 10.7. The first-order chi connectivity index (χ1) is 50.5. The number of esters is 4. The molecule has 3 N–H and O–H groups in total. The summed E-state index contributed by atoms with van der Waals surface area (Å²) in [5.74, 6) is -1.40. The SMILES string of the molecule is CCCCCCCCCCCCCCCCCCCCCCCCC(=O)O[C@H](COC(=O)CCCCCCCCCCCCCCCCCCC)COP(=O)(O)OC[C@@H](O)COP(=O)(O)OC[C@@H](COC(=O)CCCCCCCCCC(C)C)OC(=O)CCCCCCCCCCCCCCCCC. The number of phosphoric acid groups is 2. The van der Waals surface area contributed by atoms with Gasteiger partial charge < -0.3 is 33.8 Å². The molecule has 0 heterocycles. The number of rotatable bonds is 85. The lowest BCUT2D eigenvalue weighted by Gasteiger charge is -2.21. The summed E-state index contributed by atoms with van der Waals surface area (Å²) in [6.07, 6.45) is 71.0. The van der Waals surface area contributed by atoms with E-state index in [9.17, 15) is 43.2 Å². The molecule has 618 valence electrons. The molecule has 0 aliphatic heterocycles. The first-order valence-corrected chi connectivity index (χ1v) is 47.1. The molecule has 104 heavy (non-hydrogen) atoms. The zero-order chi connectivity index (χ0) is 76.2. The molecule has 0 aromatic heterocycles. The van der Waals surface area contributed by atoms with Crippen LogP contribution in [0.3, 0.4) is 0 Å². The molecule has 0 saturated carbocycles. The molecule has 0 bridgehead atoms. The van der Waals surface area contributed by atoms with Gasteiger partial charge in [0.05, 0.1) is 26.4 Å². The van der Waals surface area contributed by atoms with Crippen molar-refractivity contribution >= 4 is 39.5 Å². The molecule has 0 rings (SSSR count). The van der Waals surface area contributed by atoms with E-state index in [4.69, 9.17) is 37.0 Å². The molecule has 0 aromatic rings. The summed E-state index contributed by atoms with van der Waals surface area (Å²) >= 11 is 0. The fourth-order valence-corrected chi connectivity index (χ4v) is 14.9. The highest BCUT2D eigenvalue weighted by Gasteiger charge is 2.30. The number of hydrogen-bond acceptors (Lipinski definition) is 15. The molecule has 19 heteroatoms. The van der Waals surface area contributed by atoms with Gasteiger partial charge in [0.25, 0.3) is 0 Å². The maximum absolute atomic E-state index is 13.1. The van der Waals surface area contributed by atoms with Crippen LogP contribution in [0.4, 0.5) is 0 Å². The summed E-state index contributed by atoms with van der Waals surface area (Å²) in [6.45, 7) is 7.30. The summed E-state index contributed by atoms with van der Waals surface area (Å²) < 4.78 is 68.8. The summed E-state index contributed by atoms with van der Waals surface area (Å²) in [7, 11) is -9.92. The molecule has 17 nitrogen and oxygen atoms in total. The van der Waals surface area contributed by atoms with E-state index in [0.29, 0.717) is 31.6 Å². The second-order valence-corrected chi connectivity index (χ2v) is 34.0. The van der Waals surface area contributed by atoms with Gasteiger partial charge in [0.1, 0.15) is 19.3 Å². The van der Waals surface area contributed by atoms with E-state index in [2.05, 4.69) is 34.6 Å². The Kier molecular flexibility index (Phi) is 76.3. The Morgan fingerprint density at radius 1 is 0.260 bits per heavy atom. The summed E-state index contributed by atoms with van der Waals surface area (Å²) in [4.78, 5) is 73.1. The number of aliphatic hydroxyl groups excluding tert-OH is 1. The van der Waals surface area contributed by atoms with E-state index in [-0.39, 0.29) is 25.7 Å². The van der Waals surface area contributed by atoms with Crippen molar-refractivity contribution in [1.29, 1.82) is 0 Å². The van der Waals surface area contributed by atoms with E-state index in [1.807, 2.05) is 0 Å². The van der Waals surface area contributed by atoms with E-state index in [1.54, 1.807) is 0 Å². The minimum absolute atomic E-state index is 0.108. The van der Waals surface area contributed by atoms with E-state index < -0.39 is 97.5 Å². The van der Waals surface area contributed by atoms with Gasteiger partial charge in [-0.05, 0) is 31.6 Å². The lowest BCUT2D eigenvalue weighted by Crippen LogP contribution is -2.30. The van der Waals surface area contributed by atoms with Crippen molar-refractivity contribution in [3.05, 3.63) is 0 Å². The fraction of sp³-hybridized carbons (Fsp3) is 0.953. The van der Waals surface area contributed by atoms with Crippen LogP contribution in [0.25, 0.3) is 0 Å². The second-order valence-electron chi connectivity index (χ2n) is 31.1. The van der Waals surface area contributed by atoms with Gasteiger partial charge in [-0.1, -0.05) is 407 Å². The molecule has 0 spiro atoms. The Hall–Kier alpha value is -1.94. The third kappa shape index (κ3) is 78.2. The molecular weight excluding hydrogens is 1350 g/mol. The van der Waals surface area contributed by atoms with E-state index in [0.717, 1.165) is 96.3 Å². The predicted octanol–water partition coefficient (Wildman–Crippen LogP) is 26.0. The number of carbonyl (C=O) groups is 4. The van der Waals surface area contributed by atoms with Crippen LogP contribution in [0.15, 0.2) is 0 Å². The molecule has 5 atom stereocenters. The van der Waals surface area contributed by atoms with Crippen molar-refractivity contribution in [2.24, 2.45) is 5.92 Å². The van der Waals surface area contributed by atoms with Gasteiger partial charge in [-0.25, -0.2) is 9.13 Å². The van der Waals surface area contributed by atoms with Crippen LogP contribution < -0.4 is 0 Å². The maximum Gasteiger partial charge on any atom is 0.472 e. The van der Waals surface area contributed by atoms with Crippen LogP contribution in [0, 0.1) is 5.92 Å². The minimum Gasteiger partial charge on any atom is -0.462 e. The highest BCUT2D eigenvalue weighted by Crippen LogP contribution is 2.45. The topological polar surface area (TPSA) is 237 Å². The molecule has 2 unspecified atom stereocenters. The Labute approximate surface area is 638 Å². The highest BCUT2D eigenvalue weighted by atomic mass is 31.2. The molecule has 0 radical (unpaired) electrons. The Bertz CT molecular complexity index is 1980.